The number of nitrogens with zero attached hydrogens (tertiary/aromatic N) is 2. The van der Waals surface area contributed by atoms with Gasteiger partial charge in [-0.3, -0.25) is 4.90 Å². The van der Waals surface area contributed by atoms with Gasteiger partial charge < -0.3 is 15.1 Å². The van der Waals surface area contributed by atoms with E-state index >= 15 is 0 Å². The molecule has 0 saturated carbocycles. The number of carboxylic acid groups (broad SMARTS) is 1. The van der Waals surface area contributed by atoms with E-state index in [1.165, 1.54) is 17.3 Å². The van der Waals surface area contributed by atoms with Gasteiger partial charge in [-0.2, -0.15) is 0 Å². The van der Waals surface area contributed by atoms with Crippen molar-refractivity contribution in [2.75, 3.05) is 6.54 Å². The third kappa shape index (κ3) is 1.80. The molecule has 0 fully saturated rings. The number of halogens is 1. The fourth-order valence-electron chi connectivity index (χ4n) is 2.48. The van der Waals surface area contributed by atoms with Crippen molar-refractivity contribution in [3.05, 3.63) is 59.8 Å². The molecule has 0 bridgehead atoms. The maximum atomic E-state index is 14.7. The number of rotatable bonds is 2. The Morgan fingerprint density at radius 2 is 2.00 bits per heavy atom. The van der Waals surface area contributed by atoms with Crippen LogP contribution in [-0.2, 0) is 6.54 Å². The van der Waals surface area contributed by atoms with Gasteiger partial charge in [-0.1, -0.05) is 30.3 Å². The molecule has 0 aromatic heterocycles. The second kappa shape index (κ2) is 4.26. The van der Waals surface area contributed by atoms with Gasteiger partial charge in [0.1, 0.15) is 0 Å². The lowest BCUT2D eigenvalue weighted by Gasteiger charge is -2.21. The van der Waals surface area contributed by atoms with Crippen LogP contribution in [0.5, 0.6) is 0 Å². The minimum atomic E-state index is -2.13. The second-order valence-corrected chi connectivity index (χ2v) is 4.85. The van der Waals surface area contributed by atoms with Gasteiger partial charge in [-0.15, -0.1) is 0 Å². The molecular weight excluding hydrogens is 263 g/mol. The van der Waals surface area contributed by atoms with Crippen molar-refractivity contribution in [1.29, 1.82) is 0 Å². The number of hydrogen-bond donors (Lipinski definition) is 2. The standard InChI is InChI=1S/C14H13FN2O3/c15-14-9-17(13(19)20)7-11(14)16(8-12(14)18)6-10-4-2-1-3-5-10/h1-5,7-8,18H,6,9H2,(H,19,20). The van der Waals surface area contributed by atoms with Gasteiger partial charge >= 0.3 is 6.09 Å². The van der Waals surface area contributed by atoms with Gasteiger partial charge in [0.2, 0.25) is 5.67 Å². The second-order valence-electron chi connectivity index (χ2n) is 4.85. The highest BCUT2D eigenvalue weighted by atomic mass is 19.1. The lowest BCUT2D eigenvalue weighted by Crippen LogP contribution is -2.35. The molecule has 20 heavy (non-hydrogen) atoms. The van der Waals surface area contributed by atoms with Crippen LogP contribution < -0.4 is 0 Å². The summed E-state index contributed by atoms with van der Waals surface area (Å²) in [5.74, 6) is -0.455. The molecule has 1 aromatic rings. The Balaban J connectivity index is 1.89. The fourth-order valence-corrected chi connectivity index (χ4v) is 2.48. The first-order valence-electron chi connectivity index (χ1n) is 6.13. The van der Waals surface area contributed by atoms with Crippen molar-refractivity contribution in [3.8, 4) is 0 Å². The van der Waals surface area contributed by atoms with Gasteiger partial charge in [0, 0.05) is 18.9 Å². The largest absolute Gasteiger partial charge is 0.507 e. The van der Waals surface area contributed by atoms with E-state index in [-0.39, 0.29) is 5.70 Å². The number of aliphatic hydroxyl groups excluding tert-OH is 1. The highest BCUT2D eigenvalue weighted by molar-refractivity contribution is 5.68. The summed E-state index contributed by atoms with van der Waals surface area (Å²) in [4.78, 5) is 13.3. The normalized spacial score (nSPS) is 24.4. The van der Waals surface area contributed by atoms with Crippen LogP contribution in [0.3, 0.4) is 0 Å². The summed E-state index contributed by atoms with van der Waals surface area (Å²) in [5.41, 5.74) is -1.04. The number of amides is 1. The molecule has 2 aliphatic rings. The van der Waals surface area contributed by atoms with Gasteiger partial charge in [-0.05, 0) is 5.56 Å². The quantitative estimate of drug-likeness (QED) is 0.871. The first kappa shape index (κ1) is 12.5. The van der Waals surface area contributed by atoms with E-state index in [2.05, 4.69) is 0 Å². The molecule has 104 valence electrons. The van der Waals surface area contributed by atoms with Gasteiger partial charge in [0.25, 0.3) is 0 Å². The number of carbonyl (C=O) groups is 1. The highest BCUT2D eigenvalue weighted by Gasteiger charge is 2.52. The molecule has 1 unspecified atom stereocenters. The highest BCUT2D eigenvalue weighted by Crippen LogP contribution is 2.43. The van der Waals surface area contributed by atoms with E-state index < -0.39 is 24.1 Å². The van der Waals surface area contributed by atoms with Crippen LogP contribution in [0.1, 0.15) is 5.56 Å². The first-order chi connectivity index (χ1) is 9.50. The molecule has 1 atom stereocenters. The zero-order valence-corrected chi connectivity index (χ0v) is 10.5. The van der Waals surface area contributed by atoms with Crippen molar-refractivity contribution in [2.24, 2.45) is 0 Å². The summed E-state index contributed by atoms with van der Waals surface area (Å²) in [7, 11) is 0. The van der Waals surface area contributed by atoms with E-state index in [9.17, 15) is 14.3 Å². The SMILES string of the molecule is O=C(O)N1C=C2N(Cc3ccccc3)C=C(O)C2(F)C1. The van der Waals surface area contributed by atoms with Crippen LogP contribution in [0, 0.1) is 0 Å². The van der Waals surface area contributed by atoms with E-state index in [1.54, 1.807) is 0 Å². The number of alkyl halides is 1. The lowest BCUT2D eigenvalue weighted by molar-refractivity contribution is 0.133. The summed E-state index contributed by atoms with van der Waals surface area (Å²) in [5, 5.41) is 18.7. The third-order valence-corrected chi connectivity index (χ3v) is 3.51. The number of benzene rings is 1. The molecule has 6 heteroatoms. The topological polar surface area (TPSA) is 64.0 Å². The van der Waals surface area contributed by atoms with Crippen LogP contribution in [0.15, 0.2) is 54.2 Å². The lowest BCUT2D eigenvalue weighted by atomic mass is 10.1. The molecule has 2 N–H and O–H groups in total. The van der Waals surface area contributed by atoms with Crippen LogP contribution in [-0.4, -0.2) is 38.3 Å². The van der Waals surface area contributed by atoms with Crippen molar-refractivity contribution < 1.29 is 19.4 Å². The van der Waals surface area contributed by atoms with Crippen molar-refractivity contribution >= 4 is 6.09 Å². The van der Waals surface area contributed by atoms with Gasteiger partial charge in [-0.25, -0.2) is 9.18 Å². The minimum Gasteiger partial charge on any atom is -0.507 e. The van der Waals surface area contributed by atoms with E-state index in [0.29, 0.717) is 6.54 Å². The Kier molecular flexibility index (Phi) is 2.67. The van der Waals surface area contributed by atoms with Crippen LogP contribution >= 0.6 is 0 Å². The molecule has 0 spiro atoms. The van der Waals surface area contributed by atoms with Gasteiger partial charge in [0.05, 0.1) is 12.2 Å². The molecule has 1 amide bonds. The first-order valence-corrected chi connectivity index (χ1v) is 6.13. The molecule has 2 aliphatic heterocycles. The summed E-state index contributed by atoms with van der Waals surface area (Å²) in [6.45, 7) is -0.0405. The summed E-state index contributed by atoms with van der Waals surface area (Å²) in [6, 6.07) is 9.37. The smallest absolute Gasteiger partial charge is 0.411 e. The van der Waals surface area contributed by atoms with E-state index in [0.717, 1.165) is 10.5 Å². The zero-order valence-electron chi connectivity index (χ0n) is 10.5. The van der Waals surface area contributed by atoms with E-state index in [1.807, 2.05) is 30.3 Å². The molecule has 0 saturated heterocycles. The molecule has 5 nitrogen and oxygen atoms in total. The molecular formula is C14H13FN2O3. The summed E-state index contributed by atoms with van der Waals surface area (Å²) < 4.78 is 14.7. The Hall–Kier alpha value is -2.50. The Morgan fingerprint density at radius 3 is 2.65 bits per heavy atom. The molecule has 0 aliphatic carbocycles. The monoisotopic (exact) mass is 276 g/mol. The van der Waals surface area contributed by atoms with Crippen LogP contribution in [0.2, 0.25) is 0 Å². The molecule has 1 aromatic carbocycles. The zero-order chi connectivity index (χ0) is 14.3. The van der Waals surface area contributed by atoms with Crippen molar-refractivity contribution in [1.82, 2.24) is 9.80 Å². The average Bonchev–Trinajstić information content (AvgIpc) is 2.87. The summed E-state index contributed by atoms with van der Waals surface area (Å²) in [6.07, 6.45) is 1.31. The maximum absolute atomic E-state index is 14.7. The van der Waals surface area contributed by atoms with Gasteiger partial charge in [0.15, 0.2) is 5.76 Å². The van der Waals surface area contributed by atoms with Crippen molar-refractivity contribution in [2.45, 2.75) is 12.2 Å². The number of fused-ring (bicyclic) bond motifs is 1. The summed E-state index contributed by atoms with van der Waals surface area (Å²) >= 11 is 0. The Labute approximate surface area is 114 Å². The average molecular weight is 276 g/mol. The molecule has 2 heterocycles. The predicted octanol–water partition coefficient (Wildman–Crippen LogP) is 2.44. The number of hydrogen-bond acceptors (Lipinski definition) is 3. The Morgan fingerprint density at radius 1 is 1.30 bits per heavy atom. The molecule has 0 radical (unpaired) electrons. The predicted molar refractivity (Wildman–Crippen MR) is 69.3 cm³/mol. The number of aliphatic hydroxyl groups is 1. The maximum Gasteiger partial charge on any atom is 0.411 e. The third-order valence-electron chi connectivity index (χ3n) is 3.51. The fraction of sp³-hybridized carbons (Fsp3) is 0.214. The van der Waals surface area contributed by atoms with E-state index in [4.69, 9.17) is 5.11 Å². The minimum absolute atomic E-state index is 0.154. The van der Waals surface area contributed by atoms with Crippen molar-refractivity contribution in [3.63, 3.8) is 0 Å². The molecule has 3 rings (SSSR count). The Bertz CT molecular complexity index is 614. The van der Waals surface area contributed by atoms with Crippen LogP contribution in [0.4, 0.5) is 9.18 Å². The van der Waals surface area contributed by atoms with Crippen LogP contribution in [0.25, 0.3) is 0 Å².